The summed E-state index contributed by atoms with van der Waals surface area (Å²) >= 11 is 0. The zero-order chi connectivity index (χ0) is 58.5. The molecular formula is C75H130O6. The SMILES string of the molecule is CC/C=C\C/C=C\C/C=C\C/C=C\C/C=C\CCCCCC(=O)OC(COC(=O)CCCCCCCCCCC/C=C\CCCCCCCC)COC(=O)CCCCCCCCCCCCCCC/C=C\C/C=C\CCCCCCC. The van der Waals surface area contributed by atoms with E-state index in [0.29, 0.717) is 12.8 Å². The van der Waals surface area contributed by atoms with Gasteiger partial charge in [-0.25, -0.2) is 0 Å². The summed E-state index contributed by atoms with van der Waals surface area (Å²) in [6.45, 7) is 6.52. The summed E-state index contributed by atoms with van der Waals surface area (Å²) in [5, 5.41) is 0. The molecule has 0 aliphatic heterocycles. The number of carbonyl (C=O) groups is 3. The molecule has 0 bridgehead atoms. The van der Waals surface area contributed by atoms with Gasteiger partial charge in [0.15, 0.2) is 6.10 Å². The lowest BCUT2D eigenvalue weighted by molar-refractivity contribution is -0.167. The molecule has 0 aliphatic rings. The summed E-state index contributed by atoms with van der Waals surface area (Å²) in [4.78, 5) is 38.5. The number of rotatable bonds is 63. The van der Waals surface area contributed by atoms with E-state index in [9.17, 15) is 14.4 Å². The van der Waals surface area contributed by atoms with Crippen LogP contribution in [0.1, 0.15) is 342 Å². The lowest BCUT2D eigenvalue weighted by Gasteiger charge is -2.18. The second-order valence-corrected chi connectivity index (χ2v) is 23.1. The van der Waals surface area contributed by atoms with Gasteiger partial charge in [0.1, 0.15) is 13.2 Å². The fourth-order valence-electron chi connectivity index (χ4n) is 9.85. The minimum atomic E-state index is -0.799. The van der Waals surface area contributed by atoms with Crippen molar-refractivity contribution >= 4 is 17.9 Å². The maximum absolute atomic E-state index is 12.9. The van der Waals surface area contributed by atoms with Crippen LogP contribution in [0.5, 0.6) is 0 Å². The van der Waals surface area contributed by atoms with Crippen molar-refractivity contribution in [3.63, 3.8) is 0 Å². The van der Waals surface area contributed by atoms with Crippen LogP contribution >= 0.6 is 0 Å². The number of hydrogen-bond donors (Lipinski definition) is 0. The Hall–Kier alpha value is -3.67. The van der Waals surface area contributed by atoms with Gasteiger partial charge in [0.25, 0.3) is 0 Å². The van der Waals surface area contributed by atoms with Crippen LogP contribution in [0.25, 0.3) is 0 Å². The van der Waals surface area contributed by atoms with Crippen molar-refractivity contribution in [3.05, 3.63) is 97.2 Å². The Morgan fingerprint density at radius 1 is 0.259 bits per heavy atom. The van der Waals surface area contributed by atoms with Gasteiger partial charge in [-0.05, 0) is 122 Å². The van der Waals surface area contributed by atoms with E-state index in [2.05, 4.69) is 118 Å². The van der Waals surface area contributed by atoms with Crippen LogP contribution < -0.4 is 0 Å². The molecule has 1 unspecified atom stereocenters. The summed E-state index contributed by atoms with van der Waals surface area (Å²) < 4.78 is 17.0. The van der Waals surface area contributed by atoms with Crippen LogP contribution in [0.2, 0.25) is 0 Å². The molecule has 0 aromatic rings. The van der Waals surface area contributed by atoms with Crippen molar-refractivity contribution in [1.82, 2.24) is 0 Å². The molecule has 0 saturated heterocycles. The van der Waals surface area contributed by atoms with Gasteiger partial charge >= 0.3 is 17.9 Å². The van der Waals surface area contributed by atoms with Crippen LogP contribution in [-0.4, -0.2) is 37.2 Å². The normalized spacial score (nSPS) is 12.7. The Labute approximate surface area is 502 Å². The highest BCUT2D eigenvalue weighted by atomic mass is 16.6. The van der Waals surface area contributed by atoms with Crippen molar-refractivity contribution in [2.24, 2.45) is 0 Å². The molecule has 0 amide bonds. The molecule has 0 spiro atoms. The Morgan fingerprint density at radius 3 is 0.778 bits per heavy atom. The van der Waals surface area contributed by atoms with Crippen LogP contribution in [0.3, 0.4) is 0 Å². The Morgan fingerprint density at radius 2 is 0.481 bits per heavy atom. The van der Waals surface area contributed by atoms with Gasteiger partial charge in [0.05, 0.1) is 0 Å². The van der Waals surface area contributed by atoms with Gasteiger partial charge in [-0.15, -0.1) is 0 Å². The van der Waals surface area contributed by atoms with E-state index >= 15 is 0 Å². The molecule has 6 nitrogen and oxygen atoms in total. The first kappa shape index (κ1) is 77.3. The van der Waals surface area contributed by atoms with Crippen LogP contribution in [-0.2, 0) is 28.6 Å². The van der Waals surface area contributed by atoms with Gasteiger partial charge in [0, 0.05) is 19.3 Å². The summed E-state index contributed by atoms with van der Waals surface area (Å²) in [5.41, 5.74) is 0. The standard InChI is InChI=1S/C75H130O6/c1-4-7-10-13-16-19-22-25-28-31-34-35-36-37-38-39-42-44-47-50-53-56-59-62-65-68-74(77)80-71-72(81-75(78)69-66-63-60-57-54-51-48-45-41-33-30-27-24-21-18-15-12-9-6-3)70-79-73(76)67-64-61-58-55-52-49-46-43-40-32-29-26-23-20-17-14-11-8-5-2/h9,12,18,21-22,25-27,29-31,34,41,45,51,54,72H,4-8,10-11,13-17,19-20,23-24,28,32-33,35-40,42-44,46-50,52-53,55-71H2,1-3H3/b12-9-,21-18-,25-22-,29-26-,30-27-,34-31-,45-41-,54-51-. The average Bonchev–Trinajstić information content (AvgIpc) is 3.47. The molecule has 0 aromatic heterocycles. The van der Waals surface area contributed by atoms with Crippen molar-refractivity contribution in [3.8, 4) is 0 Å². The quantitative estimate of drug-likeness (QED) is 0.0261. The lowest BCUT2D eigenvalue weighted by atomic mass is 10.0. The summed E-state index contributed by atoms with van der Waals surface area (Å²) in [7, 11) is 0. The van der Waals surface area contributed by atoms with Gasteiger partial charge in [-0.2, -0.15) is 0 Å². The number of hydrogen-bond acceptors (Lipinski definition) is 6. The zero-order valence-corrected chi connectivity index (χ0v) is 53.5. The third kappa shape index (κ3) is 67.0. The van der Waals surface area contributed by atoms with E-state index < -0.39 is 6.10 Å². The molecule has 466 valence electrons. The maximum atomic E-state index is 12.9. The molecule has 0 aromatic carbocycles. The minimum Gasteiger partial charge on any atom is -0.462 e. The van der Waals surface area contributed by atoms with Gasteiger partial charge < -0.3 is 14.2 Å². The number of carbonyl (C=O) groups excluding carboxylic acids is 3. The minimum absolute atomic E-state index is 0.0906. The van der Waals surface area contributed by atoms with E-state index in [4.69, 9.17) is 14.2 Å². The largest absolute Gasteiger partial charge is 0.462 e. The van der Waals surface area contributed by atoms with Gasteiger partial charge in [-0.3, -0.25) is 14.4 Å². The summed E-state index contributed by atoms with van der Waals surface area (Å²) in [5.74, 6) is -0.911. The van der Waals surface area contributed by atoms with Gasteiger partial charge in [-0.1, -0.05) is 298 Å². The number of allylic oxidation sites excluding steroid dienone is 16. The highest BCUT2D eigenvalue weighted by Crippen LogP contribution is 2.17. The van der Waals surface area contributed by atoms with E-state index in [1.54, 1.807) is 0 Å². The van der Waals surface area contributed by atoms with Crippen molar-refractivity contribution in [2.75, 3.05) is 13.2 Å². The lowest BCUT2D eigenvalue weighted by Crippen LogP contribution is -2.30. The number of ether oxygens (including phenoxy) is 3. The van der Waals surface area contributed by atoms with Crippen LogP contribution in [0, 0.1) is 0 Å². The highest BCUT2D eigenvalue weighted by Gasteiger charge is 2.19. The first-order valence-corrected chi connectivity index (χ1v) is 34.7. The second-order valence-electron chi connectivity index (χ2n) is 23.1. The molecule has 0 radical (unpaired) electrons. The molecule has 0 saturated carbocycles. The molecule has 1 atom stereocenters. The Balaban J connectivity index is 4.39. The average molecular weight is 1130 g/mol. The predicted molar refractivity (Wildman–Crippen MR) is 353 cm³/mol. The second kappa shape index (κ2) is 68.8. The molecule has 0 heterocycles. The number of unbranched alkanes of at least 4 members (excludes halogenated alkanes) is 36. The van der Waals surface area contributed by atoms with E-state index in [0.717, 1.165) is 103 Å². The smallest absolute Gasteiger partial charge is 0.306 e. The van der Waals surface area contributed by atoms with E-state index in [-0.39, 0.29) is 37.5 Å². The van der Waals surface area contributed by atoms with Crippen molar-refractivity contribution in [2.45, 2.75) is 348 Å². The maximum Gasteiger partial charge on any atom is 0.306 e. The monoisotopic (exact) mass is 1130 g/mol. The molecule has 6 heteroatoms. The summed E-state index contributed by atoms with van der Waals surface area (Å²) in [6, 6.07) is 0. The van der Waals surface area contributed by atoms with Crippen LogP contribution in [0.4, 0.5) is 0 Å². The Bertz CT molecular complexity index is 1580. The molecule has 0 rings (SSSR count). The number of esters is 3. The molecule has 0 aliphatic carbocycles. The third-order valence-corrected chi connectivity index (χ3v) is 15.0. The van der Waals surface area contributed by atoms with Crippen molar-refractivity contribution in [1.29, 1.82) is 0 Å². The predicted octanol–water partition coefficient (Wildman–Crippen LogP) is 24.0. The highest BCUT2D eigenvalue weighted by molar-refractivity contribution is 5.71. The van der Waals surface area contributed by atoms with Crippen molar-refractivity contribution < 1.29 is 28.6 Å². The first-order valence-electron chi connectivity index (χ1n) is 34.7. The molecular weight excluding hydrogens is 997 g/mol. The topological polar surface area (TPSA) is 78.9 Å². The molecule has 81 heavy (non-hydrogen) atoms. The fraction of sp³-hybridized carbons (Fsp3) is 0.747. The molecule has 0 N–H and O–H groups in total. The first-order chi connectivity index (χ1) is 40.0. The van der Waals surface area contributed by atoms with E-state index in [1.807, 2.05) is 0 Å². The van der Waals surface area contributed by atoms with Crippen LogP contribution in [0.15, 0.2) is 97.2 Å². The molecule has 0 fully saturated rings. The summed E-state index contributed by atoms with van der Waals surface area (Å²) in [6.07, 6.45) is 92.8. The fourth-order valence-corrected chi connectivity index (χ4v) is 9.85. The van der Waals surface area contributed by atoms with E-state index in [1.165, 1.54) is 199 Å². The van der Waals surface area contributed by atoms with Gasteiger partial charge in [0.2, 0.25) is 0 Å². The Kier molecular flexibility index (Phi) is 65.7. The zero-order valence-electron chi connectivity index (χ0n) is 53.5. The third-order valence-electron chi connectivity index (χ3n) is 15.0.